The van der Waals surface area contributed by atoms with Crippen LogP contribution in [-0.2, 0) is 16.4 Å². The van der Waals surface area contributed by atoms with Crippen LogP contribution in [0.2, 0.25) is 0 Å². The molecule has 0 radical (unpaired) electrons. The van der Waals surface area contributed by atoms with Crippen molar-refractivity contribution in [3.63, 3.8) is 0 Å². The maximum Gasteiger partial charge on any atom is 0.261 e. The van der Waals surface area contributed by atoms with Gasteiger partial charge in [-0.05, 0) is 48.0 Å². The predicted octanol–water partition coefficient (Wildman–Crippen LogP) is 3.66. The number of halogens is 1. The van der Waals surface area contributed by atoms with Crippen LogP contribution in [0.5, 0.6) is 0 Å². The Morgan fingerprint density at radius 3 is 2.45 bits per heavy atom. The molecule has 146 valence electrons. The van der Waals surface area contributed by atoms with E-state index < -0.39 is 15.8 Å². The van der Waals surface area contributed by atoms with Crippen LogP contribution in [0.1, 0.15) is 11.5 Å². The van der Waals surface area contributed by atoms with Crippen LogP contribution in [0.3, 0.4) is 0 Å². The SMILES string of the molecule is O=S(=O)(Nc1ccccc1Cc1nc(-c2ccncc2)no1)c1ccc(F)cc1. The Bertz CT molecular complexity index is 1230. The van der Waals surface area contributed by atoms with Gasteiger partial charge in [0.1, 0.15) is 5.82 Å². The lowest BCUT2D eigenvalue weighted by atomic mass is 10.1. The normalized spacial score (nSPS) is 11.3. The van der Waals surface area contributed by atoms with Crippen LogP contribution >= 0.6 is 0 Å². The van der Waals surface area contributed by atoms with Crippen molar-refractivity contribution in [2.45, 2.75) is 11.3 Å². The van der Waals surface area contributed by atoms with Crippen LogP contribution in [0.4, 0.5) is 10.1 Å². The second-order valence-electron chi connectivity index (χ2n) is 6.14. The van der Waals surface area contributed by atoms with Gasteiger partial charge in [-0.3, -0.25) is 9.71 Å². The number of aromatic nitrogens is 3. The molecule has 29 heavy (non-hydrogen) atoms. The average Bonchev–Trinajstić information content (AvgIpc) is 3.19. The molecule has 2 heterocycles. The van der Waals surface area contributed by atoms with E-state index in [-0.39, 0.29) is 11.3 Å². The third-order valence-corrected chi connectivity index (χ3v) is 5.52. The summed E-state index contributed by atoms with van der Waals surface area (Å²) >= 11 is 0. The number of nitrogens with zero attached hydrogens (tertiary/aromatic N) is 3. The highest BCUT2D eigenvalue weighted by Crippen LogP contribution is 2.23. The maximum atomic E-state index is 13.1. The predicted molar refractivity (Wildman–Crippen MR) is 104 cm³/mol. The van der Waals surface area contributed by atoms with Gasteiger partial charge in [0.2, 0.25) is 11.7 Å². The molecule has 1 N–H and O–H groups in total. The van der Waals surface area contributed by atoms with Crippen LogP contribution in [-0.4, -0.2) is 23.5 Å². The van der Waals surface area contributed by atoms with Crippen molar-refractivity contribution >= 4 is 15.7 Å². The van der Waals surface area contributed by atoms with E-state index >= 15 is 0 Å². The zero-order valence-electron chi connectivity index (χ0n) is 15.0. The highest BCUT2D eigenvalue weighted by molar-refractivity contribution is 7.92. The molecule has 0 amide bonds. The Kier molecular flexibility index (Phi) is 5.05. The number of nitrogens with one attached hydrogen (secondary N) is 1. The van der Waals surface area contributed by atoms with Crippen LogP contribution in [0, 0.1) is 5.82 Å². The molecule has 2 aromatic heterocycles. The fourth-order valence-corrected chi connectivity index (χ4v) is 3.80. The van der Waals surface area contributed by atoms with Crippen molar-refractivity contribution in [2.24, 2.45) is 0 Å². The van der Waals surface area contributed by atoms with Gasteiger partial charge in [0.25, 0.3) is 10.0 Å². The molecule has 0 saturated carbocycles. The number of hydrogen-bond acceptors (Lipinski definition) is 6. The lowest BCUT2D eigenvalue weighted by molar-refractivity contribution is 0.386. The van der Waals surface area contributed by atoms with E-state index in [4.69, 9.17) is 4.52 Å². The van der Waals surface area contributed by atoms with Crippen molar-refractivity contribution in [3.05, 3.63) is 90.3 Å². The monoisotopic (exact) mass is 410 g/mol. The molecular weight excluding hydrogens is 395 g/mol. The molecular formula is C20H15FN4O3S. The summed E-state index contributed by atoms with van der Waals surface area (Å²) in [7, 11) is -3.87. The minimum Gasteiger partial charge on any atom is -0.339 e. The molecule has 0 aliphatic carbocycles. The van der Waals surface area contributed by atoms with Gasteiger partial charge in [0.05, 0.1) is 17.0 Å². The second-order valence-corrected chi connectivity index (χ2v) is 7.82. The standard InChI is InChI=1S/C20H15FN4O3S/c21-16-5-7-17(8-6-16)29(26,27)25-18-4-2-1-3-15(18)13-19-23-20(24-28-19)14-9-11-22-12-10-14/h1-12,25H,13H2. The molecule has 0 fully saturated rings. The summed E-state index contributed by atoms with van der Waals surface area (Å²) in [6.07, 6.45) is 3.50. The number of rotatable bonds is 6. The number of benzene rings is 2. The summed E-state index contributed by atoms with van der Waals surface area (Å²) in [6.45, 7) is 0. The average molecular weight is 410 g/mol. The Labute approximate surface area is 166 Å². The van der Waals surface area contributed by atoms with Gasteiger partial charge in [-0.25, -0.2) is 12.8 Å². The molecule has 9 heteroatoms. The number of anilines is 1. The highest BCUT2D eigenvalue weighted by atomic mass is 32.2. The van der Waals surface area contributed by atoms with Crippen molar-refractivity contribution in [1.29, 1.82) is 0 Å². The first-order valence-corrected chi connectivity index (χ1v) is 10.1. The number of sulfonamides is 1. The summed E-state index contributed by atoms with van der Waals surface area (Å²) in [5.41, 5.74) is 1.80. The third-order valence-electron chi connectivity index (χ3n) is 4.13. The van der Waals surface area contributed by atoms with E-state index in [2.05, 4.69) is 19.8 Å². The summed E-state index contributed by atoms with van der Waals surface area (Å²) in [5, 5.41) is 3.95. The minimum absolute atomic E-state index is 0.0357. The van der Waals surface area contributed by atoms with Gasteiger partial charge in [-0.15, -0.1) is 0 Å². The van der Waals surface area contributed by atoms with E-state index in [1.807, 2.05) is 0 Å². The third kappa shape index (κ3) is 4.30. The zero-order chi connectivity index (χ0) is 20.3. The van der Waals surface area contributed by atoms with Gasteiger partial charge < -0.3 is 4.52 Å². The smallest absolute Gasteiger partial charge is 0.261 e. The lowest BCUT2D eigenvalue weighted by Crippen LogP contribution is -2.14. The lowest BCUT2D eigenvalue weighted by Gasteiger charge is -2.11. The molecule has 0 unspecified atom stereocenters. The fourth-order valence-electron chi connectivity index (χ4n) is 2.70. The van der Waals surface area contributed by atoms with Crippen molar-refractivity contribution in [1.82, 2.24) is 15.1 Å². The molecule has 0 aliphatic heterocycles. The molecule has 7 nitrogen and oxygen atoms in total. The number of para-hydroxylation sites is 1. The van der Waals surface area contributed by atoms with Crippen molar-refractivity contribution < 1.29 is 17.3 Å². The van der Waals surface area contributed by atoms with E-state index in [1.165, 1.54) is 12.1 Å². The number of hydrogen-bond donors (Lipinski definition) is 1. The first-order chi connectivity index (χ1) is 14.0. The number of pyridine rings is 1. The van der Waals surface area contributed by atoms with E-state index in [0.29, 0.717) is 23.0 Å². The highest BCUT2D eigenvalue weighted by Gasteiger charge is 2.17. The van der Waals surface area contributed by atoms with E-state index in [1.54, 1.807) is 48.8 Å². The van der Waals surface area contributed by atoms with Crippen molar-refractivity contribution in [3.8, 4) is 11.4 Å². The second kappa shape index (κ2) is 7.80. The molecule has 4 rings (SSSR count). The molecule has 0 saturated heterocycles. The van der Waals surface area contributed by atoms with Crippen LogP contribution in [0.15, 0.2) is 82.5 Å². The van der Waals surface area contributed by atoms with E-state index in [9.17, 15) is 12.8 Å². The Morgan fingerprint density at radius 2 is 1.69 bits per heavy atom. The van der Waals surface area contributed by atoms with Crippen molar-refractivity contribution in [2.75, 3.05) is 4.72 Å². The molecule has 0 bridgehead atoms. The Morgan fingerprint density at radius 1 is 0.966 bits per heavy atom. The quantitative estimate of drug-likeness (QED) is 0.521. The van der Waals surface area contributed by atoms with Gasteiger partial charge in [0.15, 0.2) is 0 Å². The Balaban J connectivity index is 1.58. The fraction of sp³-hybridized carbons (Fsp3) is 0.0500. The summed E-state index contributed by atoms with van der Waals surface area (Å²) in [5.74, 6) is 0.253. The summed E-state index contributed by atoms with van der Waals surface area (Å²) < 4.78 is 46.2. The van der Waals surface area contributed by atoms with Crippen LogP contribution < -0.4 is 4.72 Å². The van der Waals surface area contributed by atoms with Gasteiger partial charge in [-0.2, -0.15) is 4.98 Å². The molecule has 0 spiro atoms. The molecule has 0 aliphatic rings. The maximum absolute atomic E-state index is 13.1. The Hall–Kier alpha value is -3.59. The van der Waals surface area contributed by atoms with Crippen LogP contribution in [0.25, 0.3) is 11.4 Å². The minimum atomic E-state index is -3.87. The largest absolute Gasteiger partial charge is 0.339 e. The summed E-state index contributed by atoms with van der Waals surface area (Å²) in [4.78, 5) is 8.27. The molecule has 0 atom stereocenters. The summed E-state index contributed by atoms with van der Waals surface area (Å²) in [6, 6.07) is 15.0. The first kappa shape index (κ1) is 18.8. The zero-order valence-corrected chi connectivity index (χ0v) is 15.8. The first-order valence-electron chi connectivity index (χ1n) is 8.60. The van der Waals surface area contributed by atoms with Gasteiger partial charge in [0, 0.05) is 18.0 Å². The molecule has 2 aromatic carbocycles. The van der Waals surface area contributed by atoms with Gasteiger partial charge >= 0.3 is 0 Å². The van der Waals surface area contributed by atoms with E-state index in [0.717, 1.165) is 17.7 Å². The van der Waals surface area contributed by atoms with Gasteiger partial charge in [-0.1, -0.05) is 23.4 Å². The molecule has 4 aromatic rings. The topological polar surface area (TPSA) is 98.0 Å².